The third-order valence-electron chi connectivity index (χ3n) is 2.43. The Hall–Kier alpha value is -2.57. The van der Waals surface area contributed by atoms with E-state index in [1.54, 1.807) is 6.92 Å². The van der Waals surface area contributed by atoms with Crippen molar-refractivity contribution in [1.29, 1.82) is 0 Å². The number of aryl methyl sites for hydroxylation is 1. The van der Waals surface area contributed by atoms with Crippen LogP contribution in [0.2, 0.25) is 0 Å². The average molecular weight is 263 g/mol. The van der Waals surface area contributed by atoms with Gasteiger partial charge in [0, 0.05) is 19.9 Å². The van der Waals surface area contributed by atoms with Gasteiger partial charge in [-0.1, -0.05) is 5.16 Å². The fourth-order valence-electron chi connectivity index (χ4n) is 1.53. The molecular formula is C12H13N3O4. The Kier molecular flexibility index (Phi) is 3.65. The molecule has 0 atom stereocenters. The van der Waals surface area contributed by atoms with Gasteiger partial charge in [0.15, 0.2) is 5.82 Å². The minimum atomic E-state index is -0.478. The second kappa shape index (κ2) is 5.38. The SMILES string of the molecule is Cc1nc(CCNC(=O)c2cc(O)ccc2O)no1. The van der Waals surface area contributed by atoms with Crippen LogP contribution in [0, 0.1) is 6.92 Å². The molecule has 7 nitrogen and oxygen atoms in total. The van der Waals surface area contributed by atoms with E-state index in [1.807, 2.05) is 0 Å². The first-order valence-corrected chi connectivity index (χ1v) is 5.65. The van der Waals surface area contributed by atoms with Crippen LogP contribution in [0.3, 0.4) is 0 Å². The summed E-state index contributed by atoms with van der Waals surface area (Å²) in [4.78, 5) is 15.8. The minimum absolute atomic E-state index is 0.0179. The topological polar surface area (TPSA) is 108 Å². The summed E-state index contributed by atoms with van der Waals surface area (Å²) in [5, 5.41) is 25.1. The van der Waals surface area contributed by atoms with Crippen molar-refractivity contribution in [3.63, 3.8) is 0 Å². The number of benzene rings is 1. The normalized spacial score (nSPS) is 10.4. The van der Waals surface area contributed by atoms with Crippen LogP contribution >= 0.6 is 0 Å². The number of nitrogens with zero attached hydrogens (tertiary/aromatic N) is 2. The number of carbonyl (C=O) groups excluding carboxylic acids is 1. The first-order valence-electron chi connectivity index (χ1n) is 5.65. The maximum atomic E-state index is 11.8. The molecule has 19 heavy (non-hydrogen) atoms. The molecule has 0 bridgehead atoms. The summed E-state index contributed by atoms with van der Waals surface area (Å²) < 4.78 is 4.79. The second-order valence-corrected chi connectivity index (χ2v) is 3.94. The predicted octanol–water partition coefficient (Wildman–Crippen LogP) is 0.762. The van der Waals surface area contributed by atoms with E-state index in [0.29, 0.717) is 24.7 Å². The lowest BCUT2D eigenvalue weighted by Gasteiger charge is -2.06. The van der Waals surface area contributed by atoms with Crippen molar-refractivity contribution in [2.24, 2.45) is 0 Å². The van der Waals surface area contributed by atoms with E-state index in [2.05, 4.69) is 15.5 Å². The van der Waals surface area contributed by atoms with E-state index in [1.165, 1.54) is 18.2 Å². The number of rotatable bonds is 4. The zero-order chi connectivity index (χ0) is 13.8. The Bertz CT molecular complexity index is 594. The van der Waals surface area contributed by atoms with Crippen molar-refractivity contribution in [3.05, 3.63) is 35.5 Å². The Morgan fingerprint density at radius 3 is 2.89 bits per heavy atom. The van der Waals surface area contributed by atoms with Gasteiger partial charge < -0.3 is 20.1 Å². The number of phenols is 2. The Morgan fingerprint density at radius 2 is 2.21 bits per heavy atom. The molecule has 0 aliphatic carbocycles. The van der Waals surface area contributed by atoms with Crippen molar-refractivity contribution < 1.29 is 19.5 Å². The fraction of sp³-hybridized carbons (Fsp3) is 0.250. The molecule has 2 aromatic rings. The summed E-state index contributed by atoms with van der Waals surface area (Å²) in [6, 6.07) is 3.75. The van der Waals surface area contributed by atoms with Crippen LogP contribution in [0.5, 0.6) is 11.5 Å². The molecule has 0 fully saturated rings. The molecule has 3 N–H and O–H groups in total. The van der Waals surface area contributed by atoms with Gasteiger partial charge in [0.2, 0.25) is 5.89 Å². The summed E-state index contributed by atoms with van der Waals surface area (Å²) >= 11 is 0. The third kappa shape index (κ3) is 3.21. The lowest BCUT2D eigenvalue weighted by Crippen LogP contribution is -2.26. The van der Waals surface area contributed by atoms with Gasteiger partial charge in [0.1, 0.15) is 11.5 Å². The van der Waals surface area contributed by atoms with Gasteiger partial charge in [-0.2, -0.15) is 4.98 Å². The van der Waals surface area contributed by atoms with E-state index in [-0.39, 0.29) is 17.1 Å². The zero-order valence-electron chi connectivity index (χ0n) is 10.3. The maximum absolute atomic E-state index is 11.8. The molecule has 1 heterocycles. The quantitative estimate of drug-likeness (QED) is 0.703. The van der Waals surface area contributed by atoms with Crippen LogP contribution in [0.15, 0.2) is 22.7 Å². The summed E-state index contributed by atoms with van der Waals surface area (Å²) in [7, 11) is 0. The molecule has 0 unspecified atom stereocenters. The summed E-state index contributed by atoms with van der Waals surface area (Å²) in [6.45, 7) is 1.98. The van der Waals surface area contributed by atoms with E-state index in [0.717, 1.165) is 0 Å². The molecule has 1 amide bonds. The molecule has 1 aromatic heterocycles. The van der Waals surface area contributed by atoms with Crippen LogP contribution in [-0.2, 0) is 6.42 Å². The standard InChI is InChI=1S/C12H13N3O4/c1-7-14-11(15-19-7)4-5-13-12(18)9-6-8(16)2-3-10(9)17/h2-3,6,16-17H,4-5H2,1H3,(H,13,18). The summed E-state index contributed by atoms with van der Waals surface area (Å²) in [5.74, 6) is 0.209. The molecule has 0 spiro atoms. The van der Waals surface area contributed by atoms with E-state index < -0.39 is 5.91 Å². The third-order valence-corrected chi connectivity index (χ3v) is 2.43. The van der Waals surface area contributed by atoms with Crippen molar-refractivity contribution in [2.75, 3.05) is 6.54 Å². The van der Waals surface area contributed by atoms with E-state index >= 15 is 0 Å². The fourth-order valence-corrected chi connectivity index (χ4v) is 1.53. The number of hydrogen-bond acceptors (Lipinski definition) is 6. The lowest BCUT2D eigenvalue weighted by molar-refractivity contribution is 0.0951. The molecule has 2 rings (SSSR count). The Balaban J connectivity index is 1.92. The van der Waals surface area contributed by atoms with Crippen LogP contribution in [-0.4, -0.2) is 32.8 Å². The van der Waals surface area contributed by atoms with Crippen molar-refractivity contribution in [2.45, 2.75) is 13.3 Å². The number of aromatic hydroxyl groups is 2. The predicted molar refractivity (Wildman–Crippen MR) is 64.8 cm³/mol. The molecule has 7 heteroatoms. The van der Waals surface area contributed by atoms with Crippen LogP contribution in [0.1, 0.15) is 22.1 Å². The van der Waals surface area contributed by atoms with Gasteiger partial charge in [-0.25, -0.2) is 0 Å². The Morgan fingerprint density at radius 1 is 1.42 bits per heavy atom. The van der Waals surface area contributed by atoms with Crippen molar-refractivity contribution >= 4 is 5.91 Å². The second-order valence-electron chi connectivity index (χ2n) is 3.94. The molecular weight excluding hydrogens is 250 g/mol. The molecule has 0 aliphatic rings. The first-order chi connectivity index (χ1) is 9.06. The smallest absolute Gasteiger partial charge is 0.255 e. The lowest BCUT2D eigenvalue weighted by atomic mass is 10.1. The number of phenolic OH excluding ortho intramolecular Hbond substituents is 2. The molecule has 1 aromatic carbocycles. The molecule has 0 saturated carbocycles. The number of aromatic nitrogens is 2. The molecule has 100 valence electrons. The van der Waals surface area contributed by atoms with E-state index in [9.17, 15) is 15.0 Å². The maximum Gasteiger partial charge on any atom is 0.255 e. The summed E-state index contributed by atoms with van der Waals surface area (Å²) in [5.41, 5.74) is 0.0179. The highest BCUT2D eigenvalue weighted by atomic mass is 16.5. The van der Waals surface area contributed by atoms with Crippen molar-refractivity contribution in [1.82, 2.24) is 15.5 Å². The largest absolute Gasteiger partial charge is 0.508 e. The molecule has 0 radical (unpaired) electrons. The number of amides is 1. The van der Waals surface area contributed by atoms with Gasteiger partial charge in [-0.15, -0.1) is 0 Å². The van der Waals surface area contributed by atoms with Gasteiger partial charge in [0.05, 0.1) is 5.56 Å². The van der Waals surface area contributed by atoms with Gasteiger partial charge in [0.25, 0.3) is 5.91 Å². The monoisotopic (exact) mass is 263 g/mol. The van der Waals surface area contributed by atoms with Gasteiger partial charge >= 0.3 is 0 Å². The van der Waals surface area contributed by atoms with Crippen LogP contribution in [0.25, 0.3) is 0 Å². The van der Waals surface area contributed by atoms with Gasteiger partial charge in [-0.3, -0.25) is 4.79 Å². The first kappa shape index (κ1) is 12.9. The highest BCUT2D eigenvalue weighted by Gasteiger charge is 2.12. The number of hydrogen-bond donors (Lipinski definition) is 3. The number of carbonyl (C=O) groups is 1. The Labute approximate surface area is 108 Å². The highest BCUT2D eigenvalue weighted by Crippen LogP contribution is 2.21. The number of nitrogens with one attached hydrogen (secondary N) is 1. The van der Waals surface area contributed by atoms with Crippen LogP contribution < -0.4 is 5.32 Å². The molecule has 0 saturated heterocycles. The average Bonchev–Trinajstić information content (AvgIpc) is 2.78. The summed E-state index contributed by atoms with van der Waals surface area (Å²) in [6.07, 6.45) is 0.419. The molecule has 0 aliphatic heterocycles. The van der Waals surface area contributed by atoms with E-state index in [4.69, 9.17) is 4.52 Å². The highest BCUT2D eigenvalue weighted by molar-refractivity contribution is 5.97. The van der Waals surface area contributed by atoms with Crippen molar-refractivity contribution in [3.8, 4) is 11.5 Å². The minimum Gasteiger partial charge on any atom is -0.508 e. The zero-order valence-corrected chi connectivity index (χ0v) is 10.3. The van der Waals surface area contributed by atoms with Crippen LogP contribution in [0.4, 0.5) is 0 Å². The van der Waals surface area contributed by atoms with Gasteiger partial charge in [-0.05, 0) is 18.2 Å².